The van der Waals surface area contributed by atoms with Crippen molar-refractivity contribution in [2.45, 2.75) is 33.2 Å². The minimum Gasteiger partial charge on any atom is -0.335 e. The summed E-state index contributed by atoms with van der Waals surface area (Å²) in [5.41, 5.74) is 0.752. The number of hydrogen-bond acceptors (Lipinski definition) is 5. The number of likely N-dealkylation sites (tertiary alicyclic amines) is 1. The van der Waals surface area contributed by atoms with Crippen LogP contribution in [0, 0.1) is 11.8 Å². The van der Waals surface area contributed by atoms with Gasteiger partial charge in [0.1, 0.15) is 4.88 Å². The number of nitrogens with zero attached hydrogens (tertiary/aromatic N) is 4. The zero-order valence-corrected chi connectivity index (χ0v) is 15.2. The number of carbonyl (C=O) groups excluding carboxylic acids is 2. The van der Waals surface area contributed by atoms with Gasteiger partial charge in [-0.1, -0.05) is 25.3 Å². The molecule has 0 unspecified atom stereocenters. The molecule has 1 fully saturated rings. The molecule has 7 nitrogen and oxygen atoms in total. The van der Waals surface area contributed by atoms with Crippen molar-refractivity contribution in [3.05, 3.63) is 10.6 Å². The molecule has 2 rings (SSSR count). The minimum atomic E-state index is -0.122. The van der Waals surface area contributed by atoms with Gasteiger partial charge >= 0.3 is 6.03 Å². The second-order valence-electron chi connectivity index (χ2n) is 6.47. The zero-order valence-electron chi connectivity index (χ0n) is 14.4. The maximum absolute atomic E-state index is 12.8. The van der Waals surface area contributed by atoms with Crippen LogP contribution < -0.4 is 5.32 Å². The molecule has 8 heteroatoms. The summed E-state index contributed by atoms with van der Waals surface area (Å²) >= 11 is 1.15. The summed E-state index contributed by atoms with van der Waals surface area (Å²) < 4.78 is 3.90. The van der Waals surface area contributed by atoms with E-state index in [0.717, 1.165) is 17.2 Å². The highest BCUT2D eigenvalue weighted by atomic mass is 32.1. The standard InChI is InChI=1S/C15H25N5O2S/c1-6-11-13(23-18-17-11)14(21)20-7-10(9(2)3)12(8-20)16-15(22)19(4)5/h9-10,12H,6-8H2,1-5H3,(H,16,22)/t10-,12+/m0/s1. The van der Waals surface area contributed by atoms with Crippen LogP contribution in [-0.2, 0) is 6.42 Å². The van der Waals surface area contributed by atoms with E-state index in [1.54, 1.807) is 14.1 Å². The van der Waals surface area contributed by atoms with Gasteiger partial charge in [-0.3, -0.25) is 4.79 Å². The summed E-state index contributed by atoms with van der Waals surface area (Å²) in [5, 5.41) is 7.05. The predicted molar refractivity (Wildman–Crippen MR) is 89.5 cm³/mol. The Morgan fingerprint density at radius 1 is 1.39 bits per heavy atom. The lowest BCUT2D eigenvalue weighted by atomic mass is 9.91. The van der Waals surface area contributed by atoms with Gasteiger partial charge in [-0.2, -0.15) is 0 Å². The first kappa shape index (κ1) is 17.7. The van der Waals surface area contributed by atoms with Gasteiger partial charge < -0.3 is 15.1 Å². The van der Waals surface area contributed by atoms with Crippen molar-refractivity contribution >= 4 is 23.5 Å². The van der Waals surface area contributed by atoms with E-state index in [1.807, 2.05) is 11.8 Å². The molecular formula is C15H25N5O2S. The van der Waals surface area contributed by atoms with E-state index in [-0.39, 0.29) is 23.9 Å². The highest BCUT2D eigenvalue weighted by molar-refractivity contribution is 7.08. The van der Waals surface area contributed by atoms with E-state index < -0.39 is 0 Å². The van der Waals surface area contributed by atoms with Crippen LogP contribution in [0.2, 0.25) is 0 Å². The first-order chi connectivity index (χ1) is 10.8. The first-order valence-electron chi connectivity index (χ1n) is 7.93. The molecule has 2 atom stereocenters. The average molecular weight is 339 g/mol. The quantitative estimate of drug-likeness (QED) is 0.901. The molecular weight excluding hydrogens is 314 g/mol. The fourth-order valence-corrected chi connectivity index (χ4v) is 3.58. The summed E-state index contributed by atoms with van der Waals surface area (Å²) in [6, 6.07) is -0.150. The van der Waals surface area contributed by atoms with E-state index >= 15 is 0 Å². The Hall–Kier alpha value is -1.70. The molecule has 2 heterocycles. The number of urea groups is 1. The molecule has 23 heavy (non-hydrogen) atoms. The van der Waals surface area contributed by atoms with Crippen LogP contribution in [0.4, 0.5) is 4.79 Å². The van der Waals surface area contributed by atoms with Gasteiger partial charge in [-0.15, -0.1) is 5.10 Å². The van der Waals surface area contributed by atoms with Gasteiger partial charge in [0.05, 0.1) is 11.7 Å². The number of rotatable bonds is 4. The molecule has 128 valence electrons. The Balaban J connectivity index is 2.13. The van der Waals surface area contributed by atoms with Crippen molar-refractivity contribution in [3.8, 4) is 0 Å². The van der Waals surface area contributed by atoms with E-state index in [1.165, 1.54) is 4.90 Å². The number of nitrogens with one attached hydrogen (secondary N) is 1. The Kier molecular flexibility index (Phi) is 5.56. The molecule has 0 saturated carbocycles. The maximum Gasteiger partial charge on any atom is 0.317 e. The van der Waals surface area contributed by atoms with E-state index in [4.69, 9.17) is 0 Å². The van der Waals surface area contributed by atoms with Crippen molar-refractivity contribution in [1.29, 1.82) is 0 Å². The van der Waals surface area contributed by atoms with Crippen LogP contribution >= 0.6 is 11.5 Å². The normalized spacial score (nSPS) is 20.9. The van der Waals surface area contributed by atoms with Crippen molar-refractivity contribution in [2.75, 3.05) is 27.2 Å². The molecule has 1 N–H and O–H groups in total. The lowest BCUT2D eigenvalue weighted by Crippen LogP contribution is -2.46. The Labute approximate surface area is 141 Å². The smallest absolute Gasteiger partial charge is 0.317 e. The zero-order chi connectivity index (χ0) is 17.1. The van der Waals surface area contributed by atoms with Crippen molar-refractivity contribution in [2.24, 2.45) is 11.8 Å². The lowest BCUT2D eigenvalue weighted by molar-refractivity contribution is 0.0786. The highest BCUT2D eigenvalue weighted by Crippen LogP contribution is 2.27. The second kappa shape index (κ2) is 7.25. The van der Waals surface area contributed by atoms with Crippen LogP contribution in [-0.4, -0.2) is 64.6 Å². The van der Waals surface area contributed by atoms with Crippen LogP contribution in [0.3, 0.4) is 0 Å². The van der Waals surface area contributed by atoms with Crippen molar-refractivity contribution in [1.82, 2.24) is 24.7 Å². The largest absolute Gasteiger partial charge is 0.335 e. The number of amides is 3. The Morgan fingerprint density at radius 2 is 2.09 bits per heavy atom. The SMILES string of the molecule is CCc1nnsc1C(=O)N1C[C@@H](NC(=O)N(C)C)[C@H](C(C)C)C1. The van der Waals surface area contributed by atoms with Crippen molar-refractivity contribution < 1.29 is 9.59 Å². The Bertz CT molecular complexity index is 572. The summed E-state index contributed by atoms with van der Waals surface area (Å²) in [6.45, 7) is 7.39. The van der Waals surface area contributed by atoms with Crippen molar-refractivity contribution in [3.63, 3.8) is 0 Å². The molecule has 1 aromatic heterocycles. The fourth-order valence-electron chi connectivity index (χ4n) is 2.86. The minimum absolute atomic E-state index is 0.0240. The van der Waals surface area contributed by atoms with E-state index in [0.29, 0.717) is 30.3 Å². The number of hydrogen-bond donors (Lipinski definition) is 1. The third-order valence-corrected chi connectivity index (χ3v) is 5.06. The number of carbonyl (C=O) groups is 2. The summed E-state index contributed by atoms with van der Waals surface area (Å²) in [4.78, 5) is 28.7. The molecule has 3 amide bonds. The predicted octanol–water partition coefficient (Wildman–Crippen LogP) is 1.47. The van der Waals surface area contributed by atoms with Crippen LogP contribution in [0.25, 0.3) is 0 Å². The molecule has 0 bridgehead atoms. The first-order valence-corrected chi connectivity index (χ1v) is 8.70. The van der Waals surface area contributed by atoms with Gasteiger partial charge in [0.25, 0.3) is 5.91 Å². The molecule has 1 aliphatic rings. The van der Waals surface area contributed by atoms with Gasteiger partial charge in [-0.05, 0) is 23.9 Å². The van der Waals surface area contributed by atoms with Gasteiger partial charge in [0.15, 0.2) is 0 Å². The number of aryl methyl sites for hydroxylation is 1. The third-order valence-electron chi connectivity index (χ3n) is 4.31. The Morgan fingerprint density at radius 3 is 2.65 bits per heavy atom. The molecule has 0 aromatic carbocycles. The lowest BCUT2D eigenvalue weighted by Gasteiger charge is -2.24. The summed E-state index contributed by atoms with van der Waals surface area (Å²) in [7, 11) is 3.43. The monoisotopic (exact) mass is 339 g/mol. The molecule has 0 aliphatic carbocycles. The van der Waals surface area contributed by atoms with E-state index in [2.05, 4.69) is 28.8 Å². The molecule has 1 aromatic rings. The highest BCUT2D eigenvalue weighted by Gasteiger charge is 2.39. The number of aromatic nitrogens is 2. The van der Waals surface area contributed by atoms with Crippen LogP contribution in [0.5, 0.6) is 0 Å². The summed E-state index contributed by atoms with van der Waals surface area (Å²) in [6.07, 6.45) is 0.694. The van der Waals surface area contributed by atoms with Gasteiger partial charge in [-0.25, -0.2) is 4.79 Å². The molecule has 0 radical (unpaired) electrons. The molecule has 1 aliphatic heterocycles. The van der Waals surface area contributed by atoms with Crippen LogP contribution in [0.1, 0.15) is 36.1 Å². The average Bonchev–Trinajstić information content (AvgIpc) is 3.12. The van der Waals surface area contributed by atoms with Gasteiger partial charge in [0.2, 0.25) is 0 Å². The second-order valence-corrected chi connectivity index (χ2v) is 7.22. The maximum atomic E-state index is 12.8. The summed E-state index contributed by atoms with van der Waals surface area (Å²) in [5.74, 6) is 0.600. The van der Waals surface area contributed by atoms with Gasteiger partial charge in [0, 0.05) is 33.1 Å². The van der Waals surface area contributed by atoms with E-state index in [9.17, 15) is 9.59 Å². The molecule has 1 saturated heterocycles. The third kappa shape index (κ3) is 3.80. The fraction of sp³-hybridized carbons (Fsp3) is 0.733. The van der Waals surface area contributed by atoms with Crippen LogP contribution in [0.15, 0.2) is 0 Å². The molecule has 0 spiro atoms. The topological polar surface area (TPSA) is 78.4 Å².